The molecule has 0 radical (unpaired) electrons. The van der Waals surface area contributed by atoms with Crippen LogP contribution in [0.2, 0.25) is 0 Å². The molecule has 0 aromatic heterocycles. The lowest BCUT2D eigenvalue weighted by atomic mass is 9.83. The molecule has 1 fully saturated rings. The minimum Gasteiger partial charge on any atom is -0.504 e. The summed E-state index contributed by atoms with van der Waals surface area (Å²) < 4.78 is 41.8. The largest absolute Gasteiger partial charge is 0.504 e. The standard InChI is InChI=1S/C15H10F2O7/c16-15(17)22-5-14(24-15)6-1-3-8(18)10(20)12(6)23-13-7(14)2-4-9(19)11(13)21/h1-4,18-21H,5H2. The van der Waals surface area contributed by atoms with Crippen LogP contribution in [-0.4, -0.2) is 33.3 Å². The summed E-state index contributed by atoms with van der Waals surface area (Å²) in [7, 11) is 0. The van der Waals surface area contributed by atoms with Gasteiger partial charge in [-0.1, -0.05) is 0 Å². The fourth-order valence-corrected chi connectivity index (χ4v) is 2.92. The molecule has 24 heavy (non-hydrogen) atoms. The predicted molar refractivity (Wildman–Crippen MR) is 72.4 cm³/mol. The highest BCUT2D eigenvalue weighted by atomic mass is 19.3. The molecule has 2 aromatic carbocycles. The van der Waals surface area contributed by atoms with Gasteiger partial charge >= 0.3 is 6.29 Å². The third kappa shape index (κ3) is 1.76. The molecule has 2 heterocycles. The Bertz CT molecular complexity index is 808. The molecule has 1 spiro atoms. The molecule has 7 nitrogen and oxygen atoms in total. The van der Waals surface area contributed by atoms with Crippen LogP contribution < -0.4 is 4.74 Å². The minimum absolute atomic E-state index is 0.0208. The van der Waals surface area contributed by atoms with E-state index in [4.69, 9.17) is 9.47 Å². The van der Waals surface area contributed by atoms with Gasteiger partial charge in [0.05, 0.1) is 6.61 Å². The summed E-state index contributed by atoms with van der Waals surface area (Å²) in [5.74, 6) is -3.33. The zero-order valence-electron chi connectivity index (χ0n) is 11.8. The van der Waals surface area contributed by atoms with Crippen LogP contribution in [-0.2, 0) is 15.1 Å². The van der Waals surface area contributed by atoms with Crippen LogP contribution in [0, 0.1) is 0 Å². The first-order chi connectivity index (χ1) is 11.3. The predicted octanol–water partition coefficient (Wildman–Crippen LogP) is 2.46. The summed E-state index contributed by atoms with van der Waals surface area (Å²) in [4.78, 5) is 0. The van der Waals surface area contributed by atoms with Crippen molar-refractivity contribution in [2.75, 3.05) is 6.61 Å². The van der Waals surface area contributed by atoms with Crippen LogP contribution >= 0.6 is 0 Å². The van der Waals surface area contributed by atoms with E-state index in [2.05, 4.69) is 4.74 Å². The fourth-order valence-electron chi connectivity index (χ4n) is 2.92. The zero-order valence-corrected chi connectivity index (χ0v) is 11.8. The van der Waals surface area contributed by atoms with Crippen LogP contribution in [0.5, 0.6) is 34.5 Å². The maximum atomic E-state index is 13.6. The molecule has 0 aliphatic carbocycles. The Morgan fingerprint density at radius 3 is 1.75 bits per heavy atom. The van der Waals surface area contributed by atoms with Crippen molar-refractivity contribution >= 4 is 0 Å². The van der Waals surface area contributed by atoms with Gasteiger partial charge in [0.25, 0.3) is 0 Å². The molecule has 126 valence electrons. The summed E-state index contributed by atoms with van der Waals surface area (Å²) in [6.07, 6.45) is -3.91. The molecular weight excluding hydrogens is 330 g/mol. The number of halogens is 2. The summed E-state index contributed by atoms with van der Waals surface area (Å²) in [5, 5.41) is 39.2. The third-order valence-electron chi connectivity index (χ3n) is 4.03. The first-order valence-corrected chi connectivity index (χ1v) is 6.76. The van der Waals surface area contributed by atoms with Crippen molar-refractivity contribution in [1.82, 2.24) is 0 Å². The minimum atomic E-state index is -3.91. The summed E-state index contributed by atoms with van der Waals surface area (Å²) in [6, 6.07) is 4.65. The van der Waals surface area contributed by atoms with E-state index in [9.17, 15) is 29.2 Å². The molecule has 2 aromatic rings. The number of hydrogen-bond donors (Lipinski definition) is 4. The Balaban J connectivity index is 2.05. The van der Waals surface area contributed by atoms with E-state index in [1.807, 2.05) is 0 Å². The van der Waals surface area contributed by atoms with Crippen molar-refractivity contribution in [3.63, 3.8) is 0 Å². The van der Waals surface area contributed by atoms with Gasteiger partial charge in [0.2, 0.25) is 11.5 Å². The summed E-state index contributed by atoms with van der Waals surface area (Å²) >= 11 is 0. The molecule has 2 aliphatic rings. The van der Waals surface area contributed by atoms with Crippen LogP contribution in [0.1, 0.15) is 11.1 Å². The van der Waals surface area contributed by atoms with Gasteiger partial charge < -0.3 is 25.2 Å². The molecule has 0 bridgehead atoms. The van der Waals surface area contributed by atoms with Gasteiger partial charge in [-0.05, 0) is 24.3 Å². The average molecular weight is 340 g/mol. The molecule has 4 N–H and O–H groups in total. The topological polar surface area (TPSA) is 109 Å². The normalized spacial score (nSPS) is 19.6. The first-order valence-electron chi connectivity index (χ1n) is 6.76. The molecule has 4 rings (SSSR count). The van der Waals surface area contributed by atoms with Crippen molar-refractivity contribution < 1.29 is 43.4 Å². The van der Waals surface area contributed by atoms with Gasteiger partial charge in [0.1, 0.15) is 0 Å². The van der Waals surface area contributed by atoms with Crippen LogP contribution in [0.4, 0.5) is 8.78 Å². The Labute approximate surface area is 132 Å². The first kappa shape index (κ1) is 14.8. The quantitative estimate of drug-likeness (QED) is 0.546. The lowest BCUT2D eigenvalue weighted by Crippen LogP contribution is -2.35. The van der Waals surface area contributed by atoms with Crippen molar-refractivity contribution in [3.05, 3.63) is 35.4 Å². The highest BCUT2D eigenvalue weighted by Crippen LogP contribution is 2.60. The van der Waals surface area contributed by atoms with Crippen LogP contribution in [0.3, 0.4) is 0 Å². The van der Waals surface area contributed by atoms with E-state index >= 15 is 0 Å². The fraction of sp³-hybridized carbons (Fsp3) is 0.200. The number of hydrogen-bond acceptors (Lipinski definition) is 7. The highest BCUT2D eigenvalue weighted by molar-refractivity contribution is 5.68. The van der Waals surface area contributed by atoms with E-state index in [0.717, 1.165) is 12.1 Å². The zero-order chi connectivity index (χ0) is 17.3. The van der Waals surface area contributed by atoms with E-state index in [-0.39, 0.29) is 22.6 Å². The average Bonchev–Trinajstić information content (AvgIpc) is 2.84. The Hall–Kier alpha value is -2.78. The van der Waals surface area contributed by atoms with Crippen LogP contribution in [0.25, 0.3) is 0 Å². The maximum absolute atomic E-state index is 13.6. The summed E-state index contributed by atoms with van der Waals surface area (Å²) in [6.45, 7) is -0.641. The second-order valence-electron chi connectivity index (χ2n) is 5.40. The van der Waals surface area contributed by atoms with Gasteiger partial charge in [-0.25, -0.2) is 0 Å². The lowest BCUT2D eigenvalue weighted by molar-refractivity contribution is -0.354. The third-order valence-corrected chi connectivity index (χ3v) is 4.03. The molecule has 2 aliphatic heterocycles. The Morgan fingerprint density at radius 1 is 0.833 bits per heavy atom. The molecule has 0 unspecified atom stereocenters. The van der Waals surface area contributed by atoms with Crippen LogP contribution in [0.15, 0.2) is 24.3 Å². The number of aromatic hydroxyl groups is 4. The van der Waals surface area contributed by atoms with Crippen molar-refractivity contribution in [3.8, 4) is 34.5 Å². The van der Waals surface area contributed by atoms with Gasteiger partial charge in [-0.15, -0.1) is 8.78 Å². The Morgan fingerprint density at radius 2 is 1.33 bits per heavy atom. The number of fused-ring (bicyclic) bond motifs is 4. The van der Waals surface area contributed by atoms with Crippen molar-refractivity contribution in [2.45, 2.75) is 11.9 Å². The number of benzene rings is 2. The number of ether oxygens (including phenoxy) is 3. The molecule has 1 saturated heterocycles. The second-order valence-corrected chi connectivity index (χ2v) is 5.40. The smallest absolute Gasteiger partial charge is 0.486 e. The summed E-state index contributed by atoms with van der Waals surface area (Å²) in [5.41, 5.74) is -1.94. The number of alkyl halides is 2. The molecule has 0 amide bonds. The maximum Gasteiger partial charge on any atom is 0.486 e. The lowest BCUT2D eigenvalue weighted by Gasteiger charge is -2.35. The second kappa shape index (κ2) is 4.40. The monoisotopic (exact) mass is 340 g/mol. The highest BCUT2D eigenvalue weighted by Gasteiger charge is 2.59. The molecule has 9 heteroatoms. The van der Waals surface area contributed by atoms with Gasteiger partial charge in [0, 0.05) is 11.1 Å². The van der Waals surface area contributed by atoms with Gasteiger partial charge in [0.15, 0.2) is 28.6 Å². The van der Waals surface area contributed by atoms with Gasteiger partial charge in [-0.2, -0.15) is 0 Å². The van der Waals surface area contributed by atoms with E-state index in [1.54, 1.807) is 0 Å². The molecular formula is C15H10F2O7. The van der Waals surface area contributed by atoms with E-state index in [1.165, 1.54) is 12.1 Å². The Kier molecular flexibility index (Phi) is 2.71. The van der Waals surface area contributed by atoms with Crippen molar-refractivity contribution in [2.24, 2.45) is 0 Å². The molecule has 0 saturated carbocycles. The molecule has 0 atom stereocenters. The van der Waals surface area contributed by atoms with E-state index < -0.39 is 41.5 Å². The number of rotatable bonds is 0. The number of phenolic OH excluding ortho intramolecular Hbond substituents is 4. The number of phenols is 4. The van der Waals surface area contributed by atoms with Gasteiger partial charge in [-0.3, -0.25) is 9.47 Å². The van der Waals surface area contributed by atoms with E-state index in [0.29, 0.717) is 0 Å². The van der Waals surface area contributed by atoms with Crippen molar-refractivity contribution in [1.29, 1.82) is 0 Å². The SMILES string of the molecule is Oc1ccc2c(c1O)Oc1c(ccc(O)c1O)C21COC(F)(F)O1.